The Labute approximate surface area is 123 Å². The molecule has 0 unspecified atom stereocenters. The van der Waals surface area contributed by atoms with E-state index in [2.05, 4.69) is 0 Å². The molecule has 0 amide bonds. The van der Waals surface area contributed by atoms with Gasteiger partial charge < -0.3 is 20.4 Å². The Bertz CT molecular complexity index is 159. The van der Waals surface area contributed by atoms with Crippen molar-refractivity contribution in [3.8, 4) is 0 Å². The first kappa shape index (κ1) is 19.8. The molecule has 0 aromatic carbocycles. The lowest BCUT2D eigenvalue weighted by molar-refractivity contribution is 0.131. The van der Waals surface area contributed by atoms with Gasteiger partial charge in [-0.1, -0.05) is 25.7 Å². The molecule has 0 aromatic heterocycles. The van der Waals surface area contributed by atoms with E-state index in [9.17, 15) is 0 Å². The lowest BCUT2D eigenvalue weighted by Crippen LogP contribution is -2.19. The zero-order valence-corrected chi connectivity index (χ0v) is 12.8. The maximum atomic E-state index is 8.79. The molecule has 4 heteroatoms. The Morgan fingerprint density at radius 1 is 0.500 bits per heavy atom. The lowest BCUT2D eigenvalue weighted by Gasteiger charge is -2.25. The highest BCUT2D eigenvalue weighted by atomic mass is 16.3. The van der Waals surface area contributed by atoms with Crippen LogP contribution < -0.4 is 0 Å². The summed E-state index contributed by atoms with van der Waals surface area (Å²) in [7, 11) is 0. The van der Waals surface area contributed by atoms with Gasteiger partial charge in [0.05, 0.1) is 0 Å². The molecule has 4 nitrogen and oxygen atoms in total. The molecule has 0 aliphatic heterocycles. The van der Waals surface area contributed by atoms with Gasteiger partial charge in [0.25, 0.3) is 0 Å². The van der Waals surface area contributed by atoms with E-state index in [1.54, 1.807) is 0 Å². The summed E-state index contributed by atoms with van der Waals surface area (Å²) in [6, 6.07) is 0. The van der Waals surface area contributed by atoms with Gasteiger partial charge in [-0.25, -0.2) is 0 Å². The van der Waals surface area contributed by atoms with Crippen molar-refractivity contribution >= 4 is 0 Å². The van der Waals surface area contributed by atoms with Gasteiger partial charge in [0.2, 0.25) is 0 Å². The molecule has 1 aliphatic carbocycles. The Balaban J connectivity index is 0.000000361. The molecule has 0 saturated heterocycles. The van der Waals surface area contributed by atoms with Crippen LogP contribution in [0.4, 0.5) is 0 Å². The smallest absolute Gasteiger partial charge is 0.0459 e. The molecule has 0 bridgehead atoms. The van der Waals surface area contributed by atoms with Gasteiger partial charge in [-0.2, -0.15) is 0 Å². The van der Waals surface area contributed by atoms with Gasteiger partial charge in [0.15, 0.2) is 0 Å². The van der Waals surface area contributed by atoms with Crippen molar-refractivity contribution in [1.29, 1.82) is 0 Å². The molecule has 0 spiro atoms. The Morgan fingerprint density at radius 3 is 1.05 bits per heavy atom. The fourth-order valence-electron chi connectivity index (χ4n) is 2.53. The number of hydrogen-bond acceptors (Lipinski definition) is 4. The first-order valence-corrected chi connectivity index (χ1v) is 8.21. The van der Waals surface area contributed by atoms with Crippen LogP contribution in [0.2, 0.25) is 0 Å². The fourth-order valence-corrected chi connectivity index (χ4v) is 2.53. The highest BCUT2D eigenvalue weighted by Crippen LogP contribution is 2.27. The summed E-state index contributed by atoms with van der Waals surface area (Å²) in [4.78, 5) is 0. The van der Waals surface area contributed by atoms with Gasteiger partial charge in [0, 0.05) is 26.4 Å². The first-order valence-electron chi connectivity index (χ1n) is 8.21. The van der Waals surface area contributed by atoms with Crippen molar-refractivity contribution in [1.82, 2.24) is 0 Å². The van der Waals surface area contributed by atoms with Crippen LogP contribution in [0.5, 0.6) is 0 Å². The average Bonchev–Trinajstić information content (AvgIpc) is 2.51. The van der Waals surface area contributed by atoms with E-state index >= 15 is 0 Å². The predicted molar refractivity (Wildman–Crippen MR) is 81.5 cm³/mol. The van der Waals surface area contributed by atoms with Crippen LogP contribution in [-0.2, 0) is 0 Å². The summed E-state index contributed by atoms with van der Waals surface area (Å²) in [6.45, 7) is 1.30. The Kier molecular flexibility index (Phi) is 15.1. The van der Waals surface area contributed by atoms with Gasteiger partial charge in [-0.3, -0.25) is 0 Å². The number of aliphatic hydroxyl groups excluding tert-OH is 4. The van der Waals surface area contributed by atoms with Crippen LogP contribution in [-0.4, -0.2) is 46.9 Å². The summed E-state index contributed by atoms with van der Waals surface area (Å²) in [5.41, 5.74) is 0. The SMILES string of the molecule is OCC1CCC(CO)CC1.OCCCCCCCCO. The Morgan fingerprint density at radius 2 is 0.800 bits per heavy atom. The quantitative estimate of drug-likeness (QED) is 0.490. The highest BCUT2D eigenvalue weighted by molar-refractivity contribution is 4.70. The molecule has 1 saturated carbocycles. The van der Waals surface area contributed by atoms with Gasteiger partial charge in [-0.05, 0) is 50.4 Å². The predicted octanol–water partition coefficient (Wildman–Crippen LogP) is 2.09. The molecule has 1 rings (SSSR count). The van der Waals surface area contributed by atoms with E-state index in [0.717, 1.165) is 51.4 Å². The lowest BCUT2D eigenvalue weighted by atomic mass is 9.83. The van der Waals surface area contributed by atoms with E-state index < -0.39 is 0 Å². The van der Waals surface area contributed by atoms with Crippen LogP contribution in [0.25, 0.3) is 0 Å². The first-order chi connectivity index (χ1) is 9.78. The van der Waals surface area contributed by atoms with E-state index in [-0.39, 0.29) is 0 Å². The number of aliphatic hydroxyl groups is 4. The number of hydrogen-bond donors (Lipinski definition) is 4. The largest absolute Gasteiger partial charge is 0.396 e. The highest BCUT2D eigenvalue weighted by Gasteiger charge is 2.19. The minimum atomic E-state index is 0.319. The molecular formula is C16H34O4. The summed E-state index contributed by atoms with van der Waals surface area (Å²) in [6.07, 6.45) is 10.9. The van der Waals surface area contributed by atoms with Crippen LogP contribution in [0.15, 0.2) is 0 Å². The summed E-state index contributed by atoms with van der Waals surface area (Å²) < 4.78 is 0. The molecule has 1 fully saturated rings. The average molecular weight is 290 g/mol. The van der Waals surface area contributed by atoms with Crippen molar-refractivity contribution in [2.75, 3.05) is 26.4 Å². The summed E-state index contributed by atoms with van der Waals surface area (Å²) in [5, 5.41) is 34.4. The second kappa shape index (κ2) is 15.2. The van der Waals surface area contributed by atoms with E-state index in [4.69, 9.17) is 20.4 Å². The van der Waals surface area contributed by atoms with Crippen molar-refractivity contribution in [3.63, 3.8) is 0 Å². The Hall–Kier alpha value is -0.160. The topological polar surface area (TPSA) is 80.9 Å². The third-order valence-corrected chi connectivity index (χ3v) is 4.05. The van der Waals surface area contributed by atoms with Crippen molar-refractivity contribution < 1.29 is 20.4 Å². The molecule has 4 N–H and O–H groups in total. The van der Waals surface area contributed by atoms with E-state index in [1.165, 1.54) is 12.8 Å². The van der Waals surface area contributed by atoms with Crippen LogP contribution >= 0.6 is 0 Å². The van der Waals surface area contributed by atoms with Gasteiger partial charge in [-0.15, -0.1) is 0 Å². The number of unbranched alkanes of at least 4 members (excludes halogenated alkanes) is 5. The fraction of sp³-hybridized carbons (Fsp3) is 1.00. The van der Waals surface area contributed by atoms with Crippen LogP contribution in [0.3, 0.4) is 0 Å². The second-order valence-corrected chi connectivity index (χ2v) is 5.82. The standard InChI is InChI=1S/C8H16O2.C8H18O2/c9-5-7-1-2-8(6-10)4-3-7;9-7-5-3-1-2-4-6-8-10/h7-10H,1-6H2;9-10H,1-8H2. The van der Waals surface area contributed by atoms with Crippen molar-refractivity contribution in [2.45, 2.75) is 64.2 Å². The zero-order valence-electron chi connectivity index (χ0n) is 12.8. The molecular weight excluding hydrogens is 256 g/mol. The minimum Gasteiger partial charge on any atom is -0.396 e. The molecule has 0 heterocycles. The summed E-state index contributed by atoms with van der Waals surface area (Å²) >= 11 is 0. The molecule has 0 aromatic rings. The van der Waals surface area contributed by atoms with Gasteiger partial charge in [0.1, 0.15) is 0 Å². The minimum absolute atomic E-state index is 0.319. The van der Waals surface area contributed by atoms with E-state index in [0.29, 0.717) is 38.3 Å². The normalized spacial score (nSPS) is 22.2. The maximum absolute atomic E-state index is 8.79. The maximum Gasteiger partial charge on any atom is 0.0459 e. The molecule has 0 radical (unpaired) electrons. The molecule has 0 atom stereocenters. The van der Waals surface area contributed by atoms with Crippen molar-refractivity contribution in [3.05, 3.63) is 0 Å². The van der Waals surface area contributed by atoms with Crippen LogP contribution in [0.1, 0.15) is 64.2 Å². The van der Waals surface area contributed by atoms with Crippen LogP contribution in [0, 0.1) is 11.8 Å². The van der Waals surface area contributed by atoms with Crippen molar-refractivity contribution in [2.24, 2.45) is 11.8 Å². The van der Waals surface area contributed by atoms with Gasteiger partial charge >= 0.3 is 0 Å². The molecule has 20 heavy (non-hydrogen) atoms. The van der Waals surface area contributed by atoms with E-state index in [1.807, 2.05) is 0 Å². The molecule has 122 valence electrons. The molecule has 1 aliphatic rings. The number of rotatable bonds is 9. The monoisotopic (exact) mass is 290 g/mol. The zero-order chi connectivity index (χ0) is 15.1. The third kappa shape index (κ3) is 11.6. The summed E-state index contributed by atoms with van der Waals surface area (Å²) in [5.74, 6) is 1.03. The third-order valence-electron chi connectivity index (χ3n) is 4.05. The second-order valence-electron chi connectivity index (χ2n) is 5.82.